The van der Waals surface area contributed by atoms with Crippen LogP contribution in [0.5, 0.6) is 5.75 Å². The van der Waals surface area contributed by atoms with Crippen LogP contribution in [0.1, 0.15) is 27.8 Å². The van der Waals surface area contributed by atoms with Gasteiger partial charge in [-0.25, -0.2) is 0 Å². The van der Waals surface area contributed by atoms with E-state index in [0.29, 0.717) is 0 Å². The Labute approximate surface area is 198 Å². The number of nitro groups is 1. The summed E-state index contributed by atoms with van der Waals surface area (Å²) in [5, 5.41) is 14.5. The number of nitrogens with zero attached hydrogens (tertiary/aromatic N) is 1. The second kappa shape index (κ2) is 8.52. The summed E-state index contributed by atoms with van der Waals surface area (Å²) in [5.41, 5.74) is 6.19. The minimum Gasteiger partial charge on any atom is -0.471 e. The first-order chi connectivity index (χ1) is 16.5. The highest BCUT2D eigenvalue weighted by atomic mass is 16.6. The molecule has 1 aliphatic rings. The van der Waals surface area contributed by atoms with Gasteiger partial charge in [0.15, 0.2) is 11.4 Å². The lowest BCUT2D eigenvalue weighted by Gasteiger charge is -2.37. The molecule has 0 radical (unpaired) electrons. The van der Waals surface area contributed by atoms with Gasteiger partial charge in [-0.1, -0.05) is 66.7 Å². The van der Waals surface area contributed by atoms with E-state index >= 15 is 0 Å². The number of ether oxygens (including phenoxy) is 1. The van der Waals surface area contributed by atoms with Crippen LogP contribution in [0.3, 0.4) is 0 Å². The molecule has 5 rings (SSSR count). The highest BCUT2D eigenvalue weighted by Crippen LogP contribution is 2.47. The highest BCUT2D eigenvalue weighted by molar-refractivity contribution is 5.79. The molecule has 0 atom stereocenters. The fourth-order valence-corrected chi connectivity index (χ4v) is 4.39. The summed E-state index contributed by atoms with van der Waals surface area (Å²) in [6, 6.07) is 28.8. The summed E-state index contributed by atoms with van der Waals surface area (Å²) in [4.78, 5) is 10.6. The molecular weight excluding hydrogens is 424 g/mol. The smallest absolute Gasteiger partial charge is 0.269 e. The van der Waals surface area contributed by atoms with Crippen molar-refractivity contribution in [2.45, 2.75) is 19.4 Å². The van der Waals surface area contributed by atoms with E-state index in [1.165, 1.54) is 12.1 Å². The molecule has 1 aliphatic heterocycles. The number of non-ortho nitro benzene ring substituents is 1. The number of hydrogen-bond acceptors (Lipinski definition) is 4. The lowest BCUT2D eigenvalue weighted by Crippen LogP contribution is -2.34. The number of hydrogen-bond donors (Lipinski definition) is 1. The van der Waals surface area contributed by atoms with Crippen molar-refractivity contribution in [1.82, 2.24) is 0 Å². The number of fused-ring (bicyclic) bond motifs is 1. The maximum Gasteiger partial charge on any atom is 0.269 e. The van der Waals surface area contributed by atoms with Crippen molar-refractivity contribution in [3.8, 4) is 5.75 Å². The molecule has 4 aromatic rings. The van der Waals surface area contributed by atoms with Crippen LogP contribution >= 0.6 is 0 Å². The van der Waals surface area contributed by atoms with E-state index in [4.69, 9.17) is 4.74 Å². The average Bonchev–Trinajstić information content (AvgIpc) is 2.88. The molecule has 5 heteroatoms. The zero-order chi connectivity index (χ0) is 23.7. The van der Waals surface area contributed by atoms with Crippen LogP contribution < -0.4 is 10.1 Å². The van der Waals surface area contributed by atoms with E-state index in [2.05, 4.69) is 61.6 Å². The molecule has 0 spiro atoms. The number of aryl methyl sites for hydroxylation is 1. The Hall–Kier alpha value is -4.38. The fraction of sp³-hybridized carbons (Fsp3) is 0.103. The molecule has 0 aliphatic carbocycles. The second-order valence-corrected chi connectivity index (χ2v) is 8.44. The molecule has 168 valence electrons. The molecule has 0 unspecified atom stereocenters. The number of nitrogens with one attached hydrogen (secondary N) is 1. The first kappa shape index (κ1) is 21.5. The minimum atomic E-state index is -0.789. The van der Waals surface area contributed by atoms with E-state index < -0.39 is 10.5 Å². The molecule has 0 amide bonds. The maximum absolute atomic E-state index is 11.0. The first-order valence-electron chi connectivity index (χ1n) is 11.1. The predicted octanol–water partition coefficient (Wildman–Crippen LogP) is 7.30. The minimum absolute atomic E-state index is 0.0546. The summed E-state index contributed by atoms with van der Waals surface area (Å²) in [5.74, 6) is 0.747. The Morgan fingerprint density at radius 3 is 2.00 bits per heavy atom. The van der Waals surface area contributed by atoms with Gasteiger partial charge in [-0.3, -0.25) is 10.1 Å². The third-order valence-corrected chi connectivity index (χ3v) is 6.36. The highest BCUT2D eigenvalue weighted by Gasteiger charge is 2.38. The zero-order valence-electron chi connectivity index (χ0n) is 19.0. The van der Waals surface area contributed by atoms with E-state index in [0.717, 1.165) is 44.9 Å². The third-order valence-electron chi connectivity index (χ3n) is 6.36. The van der Waals surface area contributed by atoms with Gasteiger partial charge in [0, 0.05) is 34.5 Å². The third kappa shape index (κ3) is 3.71. The van der Waals surface area contributed by atoms with Crippen LogP contribution in [0.2, 0.25) is 0 Å². The van der Waals surface area contributed by atoms with E-state index in [1.807, 2.05) is 36.4 Å². The van der Waals surface area contributed by atoms with Gasteiger partial charge in [0.1, 0.15) is 0 Å². The topological polar surface area (TPSA) is 64.4 Å². The van der Waals surface area contributed by atoms with Crippen molar-refractivity contribution >= 4 is 23.1 Å². The van der Waals surface area contributed by atoms with Crippen molar-refractivity contribution in [2.24, 2.45) is 0 Å². The lowest BCUT2D eigenvalue weighted by atomic mass is 9.83. The summed E-state index contributed by atoms with van der Waals surface area (Å²) in [7, 11) is 0. The summed E-state index contributed by atoms with van der Waals surface area (Å²) < 4.78 is 6.94. The number of rotatable bonds is 5. The van der Waals surface area contributed by atoms with E-state index in [-0.39, 0.29) is 5.69 Å². The Bertz CT molecular complexity index is 1340. The Morgan fingerprint density at radius 2 is 1.44 bits per heavy atom. The number of benzene rings is 4. The van der Waals surface area contributed by atoms with Gasteiger partial charge in [-0.05, 0) is 49.2 Å². The Balaban J connectivity index is 1.64. The monoisotopic (exact) mass is 448 g/mol. The van der Waals surface area contributed by atoms with E-state index in [1.54, 1.807) is 12.1 Å². The Morgan fingerprint density at radius 1 is 0.853 bits per heavy atom. The Kier molecular flexibility index (Phi) is 5.38. The molecule has 34 heavy (non-hydrogen) atoms. The zero-order valence-corrected chi connectivity index (χ0v) is 19.0. The van der Waals surface area contributed by atoms with Crippen LogP contribution in [0.25, 0.3) is 6.08 Å². The molecule has 0 bridgehead atoms. The lowest BCUT2D eigenvalue weighted by molar-refractivity contribution is -0.384. The number of anilines is 2. The predicted molar refractivity (Wildman–Crippen MR) is 136 cm³/mol. The van der Waals surface area contributed by atoms with Gasteiger partial charge in [0.25, 0.3) is 5.69 Å². The van der Waals surface area contributed by atoms with Crippen LogP contribution in [0, 0.1) is 24.0 Å². The van der Waals surface area contributed by atoms with Crippen molar-refractivity contribution in [1.29, 1.82) is 0 Å². The van der Waals surface area contributed by atoms with Crippen LogP contribution in [-0.4, -0.2) is 4.92 Å². The molecule has 4 aromatic carbocycles. The average molecular weight is 449 g/mol. The molecule has 1 heterocycles. The standard InChI is InChI=1S/C29H24N2O3/c1-20-19-27(30-24-13-15-25(16-14-24)31(32)33)28-26(21(20)2)17-18-29(34-28,22-9-5-3-6-10-22)23-11-7-4-8-12-23/h3-19,30H,1-2H3. The van der Waals surface area contributed by atoms with Gasteiger partial charge < -0.3 is 10.1 Å². The van der Waals surface area contributed by atoms with Crippen LogP contribution in [0.4, 0.5) is 17.1 Å². The van der Waals surface area contributed by atoms with Gasteiger partial charge in [0.05, 0.1) is 10.6 Å². The molecule has 1 N–H and O–H groups in total. The molecule has 0 saturated heterocycles. The van der Waals surface area contributed by atoms with Gasteiger partial charge in [-0.15, -0.1) is 0 Å². The fourth-order valence-electron chi connectivity index (χ4n) is 4.39. The summed E-state index contributed by atoms with van der Waals surface area (Å²) in [6.45, 7) is 4.16. The normalized spacial score (nSPS) is 13.6. The van der Waals surface area contributed by atoms with Gasteiger partial charge in [0.2, 0.25) is 0 Å². The molecular formula is C29H24N2O3. The van der Waals surface area contributed by atoms with E-state index in [9.17, 15) is 10.1 Å². The maximum atomic E-state index is 11.0. The first-order valence-corrected chi connectivity index (χ1v) is 11.1. The molecule has 0 fully saturated rings. The second-order valence-electron chi connectivity index (χ2n) is 8.44. The van der Waals surface area contributed by atoms with Gasteiger partial charge >= 0.3 is 0 Å². The van der Waals surface area contributed by atoms with Crippen molar-refractivity contribution in [3.63, 3.8) is 0 Å². The van der Waals surface area contributed by atoms with Gasteiger partial charge in [-0.2, -0.15) is 0 Å². The van der Waals surface area contributed by atoms with Crippen LogP contribution in [-0.2, 0) is 5.60 Å². The van der Waals surface area contributed by atoms with Crippen molar-refractivity contribution in [2.75, 3.05) is 5.32 Å². The number of nitro benzene ring substituents is 1. The quantitative estimate of drug-likeness (QED) is 0.257. The largest absolute Gasteiger partial charge is 0.471 e. The summed E-state index contributed by atoms with van der Waals surface area (Å²) in [6.07, 6.45) is 4.27. The summed E-state index contributed by atoms with van der Waals surface area (Å²) >= 11 is 0. The van der Waals surface area contributed by atoms with Crippen molar-refractivity contribution < 1.29 is 9.66 Å². The van der Waals surface area contributed by atoms with Crippen molar-refractivity contribution in [3.05, 3.63) is 135 Å². The van der Waals surface area contributed by atoms with Crippen LogP contribution in [0.15, 0.2) is 97.1 Å². The SMILES string of the molecule is Cc1cc(Nc2ccc([N+](=O)[O-])cc2)c2c(c1C)C=CC(c1ccccc1)(c1ccccc1)O2. The molecule has 5 nitrogen and oxygen atoms in total. The molecule has 0 aromatic heterocycles. The molecule has 0 saturated carbocycles.